The van der Waals surface area contributed by atoms with Crippen LogP contribution in [-0.4, -0.2) is 11.9 Å². The number of benzene rings is 1. The molecular weight excluding hydrogens is 248 g/mol. The SMILES string of the molecule is CCC1CCC(C(=O)c2ccccc2OC(C)C)CC1. The molecule has 0 saturated heterocycles. The zero-order valence-corrected chi connectivity index (χ0v) is 12.9. The average molecular weight is 274 g/mol. The van der Waals surface area contributed by atoms with E-state index in [1.165, 1.54) is 19.3 Å². The van der Waals surface area contributed by atoms with Gasteiger partial charge in [0.05, 0.1) is 11.7 Å². The summed E-state index contributed by atoms with van der Waals surface area (Å²) in [6.45, 7) is 6.24. The van der Waals surface area contributed by atoms with Crippen molar-refractivity contribution < 1.29 is 9.53 Å². The zero-order valence-electron chi connectivity index (χ0n) is 12.9. The van der Waals surface area contributed by atoms with E-state index in [-0.39, 0.29) is 17.8 Å². The predicted octanol–water partition coefficient (Wildman–Crippen LogP) is 4.87. The van der Waals surface area contributed by atoms with Crippen molar-refractivity contribution in [3.63, 3.8) is 0 Å². The van der Waals surface area contributed by atoms with Crippen molar-refractivity contribution in [2.45, 2.75) is 59.0 Å². The second kappa shape index (κ2) is 6.92. The average Bonchev–Trinajstić information content (AvgIpc) is 2.46. The van der Waals surface area contributed by atoms with Crippen molar-refractivity contribution >= 4 is 5.78 Å². The van der Waals surface area contributed by atoms with Gasteiger partial charge in [-0.3, -0.25) is 4.79 Å². The van der Waals surface area contributed by atoms with Gasteiger partial charge in [-0.15, -0.1) is 0 Å². The van der Waals surface area contributed by atoms with Gasteiger partial charge < -0.3 is 4.74 Å². The number of ether oxygens (including phenoxy) is 1. The van der Waals surface area contributed by atoms with E-state index in [2.05, 4.69) is 6.92 Å². The molecule has 0 N–H and O–H groups in total. The largest absolute Gasteiger partial charge is 0.490 e. The highest BCUT2D eigenvalue weighted by Gasteiger charge is 2.27. The Morgan fingerprint density at radius 2 is 1.85 bits per heavy atom. The monoisotopic (exact) mass is 274 g/mol. The summed E-state index contributed by atoms with van der Waals surface area (Å²) in [7, 11) is 0. The van der Waals surface area contributed by atoms with Crippen LogP contribution in [0.15, 0.2) is 24.3 Å². The maximum absolute atomic E-state index is 12.7. The highest BCUT2D eigenvalue weighted by atomic mass is 16.5. The van der Waals surface area contributed by atoms with Crippen LogP contribution in [0.1, 0.15) is 63.2 Å². The van der Waals surface area contributed by atoms with Crippen molar-refractivity contribution in [1.29, 1.82) is 0 Å². The molecule has 1 aromatic rings. The van der Waals surface area contributed by atoms with Crippen molar-refractivity contribution in [3.05, 3.63) is 29.8 Å². The highest BCUT2D eigenvalue weighted by Crippen LogP contribution is 2.34. The van der Waals surface area contributed by atoms with Gasteiger partial charge in [0.1, 0.15) is 5.75 Å². The molecule has 20 heavy (non-hydrogen) atoms. The van der Waals surface area contributed by atoms with E-state index in [1.54, 1.807) is 0 Å². The second-order valence-corrected chi connectivity index (χ2v) is 6.15. The minimum absolute atomic E-state index is 0.0970. The Morgan fingerprint density at radius 3 is 2.45 bits per heavy atom. The minimum atomic E-state index is 0.0970. The number of hydrogen-bond acceptors (Lipinski definition) is 2. The normalized spacial score (nSPS) is 22.8. The lowest BCUT2D eigenvalue weighted by molar-refractivity contribution is 0.0865. The summed E-state index contributed by atoms with van der Waals surface area (Å²) in [4.78, 5) is 12.7. The van der Waals surface area contributed by atoms with Crippen LogP contribution in [0.4, 0.5) is 0 Å². The molecule has 110 valence electrons. The fourth-order valence-electron chi connectivity index (χ4n) is 3.08. The first-order chi connectivity index (χ1) is 9.61. The molecule has 0 unspecified atom stereocenters. The molecule has 1 saturated carbocycles. The maximum atomic E-state index is 12.7. The van der Waals surface area contributed by atoms with Crippen LogP contribution in [0.3, 0.4) is 0 Å². The van der Waals surface area contributed by atoms with Gasteiger partial charge in [-0.25, -0.2) is 0 Å². The van der Waals surface area contributed by atoms with Crippen LogP contribution >= 0.6 is 0 Å². The molecular formula is C18H26O2. The molecule has 1 aliphatic rings. The minimum Gasteiger partial charge on any atom is -0.490 e. The first kappa shape index (κ1) is 15.1. The topological polar surface area (TPSA) is 26.3 Å². The van der Waals surface area contributed by atoms with Gasteiger partial charge in [0.25, 0.3) is 0 Å². The Hall–Kier alpha value is -1.31. The van der Waals surface area contributed by atoms with Crippen LogP contribution in [0, 0.1) is 11.8 Å². The Morgan fingerprint density at radius 1 is 1.20 bits per heavy atom. The lowest BCUT2D eigenvalue weighted by Gasteiger charge is -2.27. The molecule has 0 aromatic heterocycles. The van der Waals surface area contributed by atoms with Gasteiger partial charge >= 0.3 is 0 Å². The third kappa shape index (κ3) is 3.62. The lowest BCUT2D eigenvalue weighted by atomic mass is 9.77. The summed E-state index contributed by atoms with van der Waals surface area (Å²) in [5.74, 6) is 2.02. The van der Waals surface area contributed by atoms with Gasteiger partial charge in [-0.1, -0.05) is 25.5 Å². The Balaban J connectivity index is 2.09. The molecule has 0 bridgehead atoms. The van der Waals surface area contributed by atoms with Gasteiger partial charge in [0, 0.05) is 5.92 Å². The number of carbonyl (C=O) groups excluding carboxylic acids is 1. The predicted molar refractivity (Wildman–Crippen MR) is 82.3 cm³/mol. The second-order valence-electron chi connectivity index (χ2n) is 6.15. The molecule has 2 heteroatoms. The number of ketones is 1. The van der Waals surface area contributed by atoms with E-state index in [4.69, 9.17) is 4.74 Å². The van der Waals surface area contributed by atoms with Crippen molar-refractivity contribution in [2.24, 2.45) is 11.8 Å². The third-order valence-electron chi connectivity index (χ3n) is 4.31. The number of hydrogen-bond donors (Lipinski definition) is 0. The van der Waals surface area contributed by atoms with E-state index in [0.717, 1.165) is 30.1 Å². The number of para-hydroxylation sites is 1. The van der Waals surface area contributed by atoms with Crippen LogP contribution < -0.4 is 4.74 Å². The molecule has 0 amide bonds. The molecule has 2 nitrogen and oxygen atoms in total. The summed E-state index contributed by atoms with van der Waals surface area (Å²) < 4.78 is 5.78. The maximum Gasteiger partial charge on any atom is 0.169 e. The fraction of sp³-hybridized carbons (Fsp3) is 0.611. The molecule has 0 atom stereocenters. The Kier molecular flexibility index (Phi) is 5.22. The Labute approximate surface area is 122 Å². The molecule has 2 rings (SSSR count). The summed E-state index contributed by atoms with van der Waals surface area (Å²) in [5.41, 5.74) is 0.765. The quantitative estimate of drug-likeness (QED) is 0.716. The van der Waals surface area contributed by atoms with E-state index < -0.39 is 0 Å². The van der Waals surface area contributed by atoms with Gasteiger partial charge in [0.2, 0.25) is 0 Å². The lowest BCUT2D eigenvalue weighted by Crippen LogP contribution is -2.22. The van der Waals surface area contributed by atoms with Crippen LogP contribution in [0.25, 0.3) is 0 Å². The van der Waals surface area contributed by atoms with Crippen molar-refractivity contribution in [2.75, 3.05) is 0 Å². The van der Waals surface area contributed by atoms with Crippen molar-refractivity contribution in [3.8, 4) is 5.75 Å². The fourth-order valence-corrected chi connectivity index (χ4v) is 3.08. The smallest absolute Gasteiger partial charge is 0.169 e. The summed E-state index contributed by atoms with van der Waals surface area (Å²) >= 11 is 0. The molecule has 1 fully saturated rings. The molecule has 0 radical (unpaired) electrons. The number of rotatable bonds is 5. The van der Waals surface area contributed by atoms with Crippen LogP contribution in [-0.2, 0) is 0 Å². The van der Waals surface area contributed by atoms with E-state index >= 15 is 0 Å². The molecule has 0 spiro atoms. The highest BCUT2D eigenvalue weighted by molar-refractivity contribution is 6.00. The molecule has 1 aliphatic carbocycles. The molecule has 0 heterocycles. The van der Waals surface area contributed by atoms with E-state index in [0.29, 0.717) is 0 Å². The van der Waals surface area contributed by atoms with Crippen molar-refractivity contribution in [1.82, 2.24) is 0 Å². The molecule has 1 aromatic carbocycles. The molecule has 0 aliphatic heterocycles. The van der Waals surface area contributed by atoms with Crippen LogP contribution in [0.5, 0.6) is 5.75 Å². The third-order valence-corrected chi connectivity index (χ3v) is 4.31. The van der Waals surface area contributed by atoms with E-state index in [9.17, 15) is 4.79 Å². The van der Waals surface area contributed by atoms with Gasteiger partial charge in [-0.2, -0.15) is 0 Å². The van der Waals surface area contributed by atoms with Gasteiger partial charge in [0.15, 0.2) is 5.78 Å². The van der Waals surface area contributed by atoms with Crippen LogP contribution in [0.2, 0.25) is 0 Å². The van der Waals surface area contributed by atoms with Gasteiger partial charge in [-0.05, 0) is 57.6 Å². The first-order valence-corrected chi connectivity index (χ1v) is 7.91. The first-order valence-electron chi connectivity index (χ1n) is 7.91. The number of Topliss-reactive ketones (excluding diaryl/α,β-unsaturated/α-hetero) is 1. The number of carbonyl (C=O) groups is 1. The summed E-state index contributed by atoms with van der Waals surface area (Å²) in [5, 5.41) is 0. The summed E-state index contributed by atoms with van der Waals surface area (Å²) in [6.07, 6.45) is 5.80. The zero-order chi connectivity index (χ0) is 14.5. The summed E-state index contributed by atoms with van der Waals surface area (Å²) in [6, 6.07) is 7.68. The van der Waals surface area contributed by atoms with E-state index in [1.807, 2.05) is 38.1 Å². The Bertz CT molecular complexity index is 442. The standard InChI is InChI=1S/C18H26O2/c1-4-14-9-11-15(12-10-14)18(19)16-7-5-6-8-17(16)20-13(2)3/h5-8,13-15H,4,9-12H2,1-3H3.